The molecular formula is C14H17NO2S2. The minimum absolute atomic E-state index is 0.155. The van der Waals surface area contributed by atoms with Gasteiger partial charge in [-0.2, -0.15) is 0 Å². The van der Waals surface area contributed by atoms with Crippen LogP contribution in [0.15, 0.2) is 28.6 Å². The molecule has 3 nitrogen and oxygen atoms in total. The summed E-state index contributed by atoms with van der Waals surface area (Å²) in [5, 5.41) is -0.211. The lowest BCUT2D eigenvalue weighted by atomic mass is 10.3. The number of nitrogens with zero attached hydrogens (tertiary/aromatic N) is 1. The van der Waals surface area contributed by atoms with Crippen LogP contribution in [0.25, 0.3) is 10.2 Å². The van der Waals surface area contributed by atoms with Crippen molar-refractivity contribution in [2.45, 2.75) is 36.3 Å². The van der Waals surface area contributed by atoms with Crippen molar-refractivity contribution in [1.29, 1.82) is 0 Å². The van der Waals surface area contributed by atoms with Crippen molar-refractivity contribution < 1.29 is 9.53 Å². The normalized spacial score (nSPS) is 12.5. The van der Waals surface area contributed by atoms with Gasteiger partial charge in [-0.1, -0.05) is 37.2 Å². The van der Waals surface area contributed by atoms with Gasteiger partial charge >= 0.3 is 5.97 Å². The van der Waals surface area contributed by atoms with E-state index in [2.05, 4.69) is 11.9 Å². The van der Waals surface area contributed by atoms with Crippen molar-refractivity contribution in [3.05, 3.63) is 24.3 Å². The van der Waals surface area contributed by atoms with Gasteiger partial charge in [0, 0.05) is 0 Å². The van der Waals surface area contributed by atoms with E-state index in [9.17, 15) is 4.79 Å². The van der Waals surface area contributed by atoms with Gasteiger partial charge in [-0.25, -0.2) is 4.98 Å². The van der Waals surface area contributed by atoms with Crippen molar-refractivity contribution in [1.82, 2.24) is 4.98 Å². The lowest BCUT2D eigenvalue weighted by Gasteiger charge is -2.08. The Morgan fingerprint density at radius 2 is 2.26 bits per heavy atom. The Morgan fingerprint density at radius 3 is 3.00 bits per heavy atom. The molecule has 102 valence electrons. The van der Waals surface area contributed by atoms with Crippen LogP contribution in [0, 0.1) is 0 Å². The van der Waals surface area contributed by atoms with Crippen LogP contribution in [0.3, 0.4) is 0 Å². The molecule has 2 rings (SSSR count). The van der Waals surface area contributed by atoms with Crippen LogP contribution < -0.4 is 0 Å². The zero-order valence-corrected chi connectivity index (χ0v) is 12.7. The van der Waals surface area contributed by atoms with Crippen molar-refractivity contribution in [2.75, 3.05) is 6.61 Å². The van der Waals surface area contributed by atoms with Gasteiger partial charge in [0.15, 0.2) is 4.34 Å². The average molecular weight is 295 g/mol. The summed E-state index contributed by atoms with van der Waals surface area (Å²) in [6.45, 7) is 4.46. The van der Waals surface area contributed by atoms with E-state index in [4.69, 9.17) is 4.74 Å². The fraction of sp³-hybridized carbons (Fsp3) is 0.429. The first-order valence-electron chi connectivity index (χ1n) is 6.39. The van der Waals surface area contributed by atoms with Crippen molar-refractivity contribution in [3.8, 4) is 0 Å². The zero-order valence-electron chi connectivity index (χ0n) is 11.1. The Labute approximate surface area is 121 Å². The molecule has 1 heterocycles. The second-order valence-corrected chi connectivity index (χ2v) is 6.85. The van der Waals surface area contributed by atoms with Gasteiger partial charge in [-0.15, -0.1) is 11.3 Å². The summed E-state index contributed by atoms with van der Waals surface area (Å²) < 4.78 is 7.27. The van der Waals surface area contributed by atoms with Crippen LogP contribution in [0.1, 0.15) is 26.7 Å². The van der Waals surface area contributed by atoms with E-state index in [1.165, 1.54) is 11.8 Å². The maximum atomic E-state index is 11.8. The number of ether oxygens (including phenoxy) is 1. The van der Waals surface area contributed by atoms with E-state index >= 15 is 0 Å². The third kappa shape index (κ3) is 3.94. The van der Waals surface area contributed by atoms with Crippen molar-refractivity contribution in [3.63, 3.8) is 0 Å². The number of carbonyl (C=O) groups excluding carboxylic acids is 1. The molecule has 0 bridgehead atoms. The molecule has 1 aromatic carbocycles. The highest BCUT2D eigenvalue weighted by atomic mass is 32.2. The molecule has 0 amide bonds. The first-order chi connectivity index (χ1) is 9.20. The molecule has 5 heteroatoms. The van der Waals surface area contributed by atoms with Gasteiger partial charge in [-0.3, -0.25) is 4.79 Å². The number of rotatable bonds is 6. The van der Waals surface area contributed by atoms with E-state index in [1.807, 2.05) is 31.2 Å². The molecule has 0 N–H and O–H groups in total. The number of thioether (sulfide) groups is 1. The summed E-state index contributed by atoms with van der Waals surface area (Å²) in [5.74, 6) is -0.155. The van der Waals surface area contributed by atoms with Crippen molar-refractivity contribution >= 4 is 39.3 Å². The lowest BCUT2D eigenvalue weighted by Crippen LogP contribution is -2.17. The Hall–Kier alpha value is -1.07. The van der Waals surface area contributed by atoms with Gasteiger partial charge in [0.2, 0.25) is 0 Å². The quantitative estimate of drug-likeness (QED) is 0.456. The third-order valence-electron chi connectivity index (χ3n) is 2.63. The number of hydrogen-bond donors (Lipinski definition) is 0. The fourth-order valence-electron chi connectivity index (χ4n) is 1.54. The minimum Gasteiger partial charge on any atom is -0.465 e. The van der Waals surface area contributed by atoms with Crippen LogP contribution in [-0.2, 0) is 9.53 Å². The van der Waals surface area contributed by atoms with Crippen LogP contribution in [0.4, 0.5) is 0 Å². The van der Waals surface area contributed by atoms with Crippen LogP contribution in [-0.4, -0.2) is 22.8 Å². The number of hydrogen-bond acceptors (Lipinski definition) is 5. The predicted octanol–water partition coefficient (Wildman–Crippen LogP) is 4.12. The smallest absolute Gasteiger partial charge is 0.319 e. The van der Waals surface area contributed by atoms with Gasteiger partial charge in [0.25, 0.3) is 0 Å². The molecule has 0 fully saturated rings. The first kappa shape index (κ1) is 14.3. The van der Waals surface area contributed by atoms with Gasteiger partial charge < -0.3 is 4.74 Å². The number of fused-ring (bicyclic) bond motifs is 1. The monoisotopic (exact) mass is 295 g/mol. The lowest BCUT2D eigenvalue weighted by molar-refractivity contribution is -0.142. The number of aromatic nitrogens is 1. The maximum Gasteiger partial charge on any atom is 0.319 e. The fourth-order valence-corrected chi connectivity index (χ4v) is 3.74. The molecule has 0 spiro atoms. The molecule has 0 saturated carbocycles. The Balaban J connectivity index is 1.94. The van der Waals surface area contributed by atoms with Gasteiger partial charge in [0.05, 0.1) is 16.8 Å². The summed E-state index contributed by atoms with van der Waals surface area (Å²) in [7, 11) is 0. The highest BCUT2D eigenvalue weighted by molar-refractivity contribution is 8.02. The van der Waals surface area contributed by atoms with Gasteiger partial charge in [0.1, 0.15) is 5.25 Å². The SMILES string of the molecule is CCCCOC(=O)C(C)Sc1nc2ccccc2s1. The number of esters is 1. The van der Waals surface area contributed by atoms with Crippen molar-refractivity contribution in [2.24, 2.45) is 0 Å². The molecule has 1 unspecified atom stereocenters. The van der Waals surface area contributed by atoms with E-state index in [0.717, 1.165) is 27.4 Å². The summed E-state index contributed by atoms with van der Waals surface area (Å²) in [5.41, 5.74) is 0.988. The van der Waals surface area contributed by atoms with Crippen LogP contribution in [0.5, 0.6) is 0 Å². The Morgan fingerprint density at radius 1 is 1.47 bits per heavy atom. The first-order valence-corrected chi connectivity index (χ1v) is 8.09. The number of benzene rings is 1. The zero-order chi connectivity index (χ0) is 13.7. The highest BCUT2D eigenvalue weighted by Gasteiger charge is 2.17. The van der Waals surface area contributed by atoms with E-state index in [-0.39, 0.29) is 11.2 Å². The minimum atomic E-state index is -0.211. The number of unbranched alkanes of at least 4 members (excludes halogenated alkanes) is 1. The standard InChI is InChI=1S/C14H17NO2S2/c1-3-4-9-17-13(16)10(2)18-14-15-11-7-5-6-8-12(11)19-14/h5-8,10H,3-4,9H2,1-2H3. The summed E-state index contributed by atoms with van der Waals surface area (Å²) in [6, 6.07) is 8.00. The largest absolute Gasteiger partial charge is 0.465 e. The molecule has 2 aromatic rings. The van der Waals surface area contributed by atoms with Crippen LogP contribution >= 0.6 is 23.1 Å². The molecule has 0 aliphatic heterocycles. The van der Waals surface area contributed by atoms with E-state index in [1.54, 1.807) is 11.3 Å². The molecule has 1 aromatic heterocycles. The molecular weight excluding hydrogens is 278 g/mol. The molecule has 1 atom stereocenters. The second kappa shape index (κ2) is 6.91. The molecule has 0 aliphatic rings. The predicted molar refractivity (Wildman–Crippen MR) is 80.8 cm³/mol. The maximum absolute atomic E-state index is 11.8. The topological polar surface area (TPSA) is 39.2 Å². The number of thiazole rings is 1. The number of carbonyl (C=O) groups is 1. The average Bonchev–Trinajstić information content (AvgIpc) is 2.80. The summed E-state index contributed by atoms with van der Waals surface area (Å²) >= 11 is 3.08. The summed E-state index contributed by atoms with van der Waals surface area (Å²) in [4.78, 5) is 16.3. The molecule has 0 saturated heterocycles. The van der Waals surface area contributed by atoms with E-state index < -0.39 is 0 Å². The Kier molecular flexibility index (Phi) is 5.22. The van der Waals surface area contributed by atoms with Crippen LogP contribution in [0.2, 0.25) is 0 Å². The van der Waals surface area contributed by atoms with Gasteiger partial charge in [-0.05, 0) is 25.5 Å². The molecule has 0 aliphatic carbocycles. The third-order valence-corrected chi connectivity index (χ3v) is 4.83. The number of para-hydroxylation sites is 1. The Bertz CT molecular complexity index is 520. The molecule has 19 heavy (non-hydrogen) atoms. The molecule has 0 radical (unpaired) electrons. The van der Waals surface area contributed by atoms with E-state index in [0.29, 0.717) is 6.61 Å². The second-order valence-electron chi connectivity index (χ2n) is 4.23. The highest BCUT2D eigenvalue weighted by Crippen LogP contribution is 2.32. The summed E-state index contributed by atoms with van der Waals surface area (Å²) in [6.07, 6.45) is 1.96.